The first-order valence-electron chi connectivity index (χ1n) is 6.44. The molecule has 0 aliphatic carbocycles. The van der Waals surface area contributed by atoms with Gasteiger partial charge in [0, 0.05) is 21.3 Å². The van der Waals surface area contributed by atoms with E-state index >= 15 is 0 Å². The third-order valence-corrected chi connectivity index (χ3v) is 3.89. The summed E-state index contributed by atoms with van der Waals surface area (Å²) >= 11 is 12.1. The summed E-state index contributed by atoms with van der Waals surface area (Å²) in [5.41, 5.74) is 7.74. The van der Waals surface area contributed by atoms with E-state index in [-0.39, 0.29) is 12.6 Å². The Hall–Kier alpha value is -1.71. The minimum Gasteiger partial charge on any atom is -0.460 e. The van der Waals surface area contributed by atoms with Crippen LogP contribution in [0.25, 0.3) is 0 Å². The number of hydrogen-bond donors (Lipinski definition) is 1. The van der Waals surface area contributed by atoms with Gasteiger partial charge in [-0.2, -0.15) is 0 Å². The number of carbonyl (C=O) groups is 1. The monoisotopic (exact) mass is 323 g/mol. The molecule has 2 N–H and O–H groups in total. The quantitative estimate of drug-likeness (QED) is 0.669. The van der Waals surface area contributed by atoms with Gasteiger partial charge in [-0.15, -0.1) is 0 Å². The van der Waals surface area contributed by atoms with Crippen LogP contribution in [0.4, 0.5) is 5.69 Å². The van der Waals surface area contributed by atoms with Gasteiger partial charge in [-0.05, 0) is 36.8 Å². The highest BCUT2D eigenvalue weighted by Gasteiger charge is 2.18. The highest BCUT2D eigenvalue weighted by molar-refractivity contribution is 6.35. The van der Waals surface area contributed by atoms with Gasteiger partial charge in [0.2, 0.25) is 0 Å². The fraction of sp³-hybridized carbons (Fsp3) is 0.188. The van der Waals surface area contributed by atoms with E-state index in [0.717, 1.165) is 5.56 Å². The summed E-state index contributed by atoms with van der Waals surface area (Å²) in [5.74, 6) is -0.758. The molecule has 21 heavy (non-hydrogen) atoms. The lowest BCUT2D eigenvalue weighted by molar-refractivity contribution is -0.146. The fourth-order valence-electron chi connectivity index (χ4n) is 1.90. The summed E-state index contributed by atoms with van der Waals surface area (Å²) in [7, 11) is 0. The van der Waals surface area contributed by atoms with E-state index in [2.05, 4.69) is 0 Å². The summed E-state index contributed by atoms with van der Waals surface area (Å²) in [6.07, 6.45) is 0. The highest BCUT2D eigenvalue weighted by Crippen LogP contribution is 2.26. The third kappa shape index (κ3) is 3.90. The molecule has 1 unspecified atom stereocenters. The molecule has 0 spiro atoms. The molecule has 0 saturated carbocycles. The molecule has 1 atom stereocenters. The average molecular weight is 324 g/mol. The number of halogens is 2. The fourth-order valence-corrected chi connectivity index (χ4v) is 2.41. The van der Waals surface area contributed by atoms with Crippen molar-refractivity contribution in [1.29, 1.82) is 0 Å². The van der Waals surface area contributed by atoms with Gasteiger partial charge in [0.15, 0.2) is 0 Å². The van der Waals surface area contributed by atoms with Crippen LogP contribution in [0.2, 0.25) is 10.0 Å². The number of nitrogens with two attached hydrogens (primary N) is 1. The SMILES string of the molecule is CC(C(=O)OCc1c(Cl)cccc1Cl)c1cccc(N)c1. The van der Waals surface area contributed by atoms with Crippen LogP contribution in [0.1, 0.15) is 24.0 Å². The maximum Gasteiger partial charge on any atom is 0.313 e. The maximum atomic E-state index is 12.1. The molecular formula is C16H15Cl2NO2. The van der Waals surface area contributed by atoms with Gasteiger partial charge < -0.3 is 10.5 Å². The molecule has 2 aromatic rings. The largest absolute Gasteiger partial charge is 0.460 e. The summed E-state index contributed by atoms with van der Waals surface area (Å²) in [6, 6.07) is 12.3. The smallest absolute Gasteiger partial charge is 0.313 e. The van der Waals surface area contributed by atoms with Gasteiger partial charge in [-0.3, -0.25) is 4.79 Å². The molecular weight excluding hydrogens is 309 g/mol. The average Bonchev–Trinajstić information content (AvgIpc) is 2.45. The van der Waals surface area contributed by atoms with Crippen LogP contribution in [0.5, 0.6) is 0 Å². The number of nitrogen functional groups attached to an aromatic ring is 1. The molecule has 0 amide bonds. The lowest BCUT2D eigenvalue weighted by Gasteiger charge is -2.13. The Kier molecular flexibility index (Phi) is 5.10. The second-order valence-corrected chi connectivity index (χ2v) is 5.51. The van der Waals surface area contributed by atoms with E-state index < -0.39 is 5.92 Å². The molecule has 5 heteroatoms. The van der Waals surface area contributed by atoms with Crippen molar-refractivity contribution in [1.82, 2.24) is 0 Å². The van der Waals surface area contributed by atoms with Crippen molar-refractivity contribution in [3.05, 3.63) is 63.6 Å². The molecule has 2 aromatic carbocycles. The van der Waals surface area contributed by atoms with Crippen molar-refractivity contribution in [3.63, 3.8) is 0 Å². The van der Waals surface area contributed by atoms with E-state index in [9.17, 15) is 4.79 Å². The molecule has 2 rings (SSSR count). The van der Waals surface area contributed by atoms with Gasteiger partial charge in [0.1, 0.15) is 6.61 Å². The van der Waals surface area contributed by atoms with E-state index in [1.54, 1.807) is 43.3 Å². The van der Waals surface area contributed by atoms with Gasteiger partial charge in [-0.25, -0.2) is 0 Å². The Morgan fingerprint density at radius 3 is 2.43 bits per heavy atom. The Morgan fingerprint density at radius 1 is 1.19 bits per heavy atom. The summed E-state index contributed by atoms with van der Waals surface area (Å²) < 4.78 is 5.30. The van der Waals surface area contributed by atoms with Crippen molar-refractivity contribution in [2.24, 2.45) is 0 Å². The molecule has 0 fully saturated rings. The predicted octanol–water partition coefficient (Wildman–Crippen LogP) is 4.42. The molecule has 0 aliphatic heterocycles. The van der Waals surface area contributed by atoms with Crippen LogP contribution >= 0.6 is 23.2 Å². The first-order chi connectivity index (χ1) is 9.99. The van der Waals surface area contributed by atoms with E-state index in [1.807, 2.05) is 6.07 Å². The summed E-state index contributed by atoms with van der Waals surface area (Å²) in [6.45, 7) is 1.81. The molecule has 0 saturated heterocycles. The minimum atomic E-state index is -0.408. The molecule has 0 radical (unpaired) electrons. The zero-order chi connectivity index (χ0) is 15.4. The highest BCUT2D eigenvalue weighted by atomic mass is 35.5. The molecule has 3 nitrogen and oxygen atoms in total. The van der Waals surface area contributed by atoms with E-state index in [4.69, 9.17) is 33.7 Å². The van der Waals surface area contributed by atoms with Crippen LogP contribution in [-0.2, 0) is 16.1 Å². The van der Waals surface area contributed by atoms with Gasteiger partial charge in [0.25, 0.3) is 0 Å². The van der Waals surface area contributed by atoms with Gasteiger partial charge >= 0.3 is 5.97 Å². The first-order valence-corrected chi connectivity index (χ1v) is 7.19. The lowest BCUT2D eigenvalue weighted by atomic mass is 10.0. The second-order valence-electron chi connectivity index (χ2n) is 4.70. The zero-order valence-electron chi connectivity index (χ0n) is 11.5. The Morgan fingerprint density at radius 2 is 1.81 bits per heavy atom. The third-order valence-electron chi connectivity index (χ3n) is 3.18. The number of carbonyl (C=O) groups excluding carboxylic acids is 1. The molecule has 0 bridgehead atoms. The number of anilines is 1. The van der Waals surface area contributed by atoms with Crippen molar-refractivity contribution in [2.45, 2.75) is 19.4 Å². The Balaban J connectivity index is 2.05. The number of benzene rings is 2. The lowest BCUT2D eigenvalue weighted by Crippen LogP contribution is -2.13. The van der Waals surface area contributed by atoms with E-state index in [1.165, 1.54) is 0 Å². The van der Waals surface area contributed by atoms with Gasteiger partial charge in [-0.1, -0.05) is 41.4 Å². The van der Waals surface area contributed by atoms with Crippen molar-refractivity contribution in [3.8, 4) is 0 Å². The normalized spacial score (nSPS) is 12.0. The van der Waals surface area contributed by atoms with Crippen molar-refractivity contribution < 1.29 is 9.53 Å². The standard InChI is InChI=1S/C16H15Cl2NO2/c1-10(11-4-2-5-12(19)8-11)16(20)21-9-13-14(17)6-3-7-15(13)18/h2-8,10H,9,19H2,1H3. The van der Waals surface area contributed by atoms with Crippen LogP contribution in [0, 0.1) is 0 Å². The number of hydrogen-bond acceptors (Lipinski definition) is 3. The first kappa shape index (κ1) is 15.7. The van der Waals surface area contributed by atoms with E-state index in [0.29, 0.717) is 21.3 Å². The number of ether oxygens (including phenoxy) is 1. The number of esters is 1. The van der Waals surface area contributed by atoms with Crippen molar-refractivity contribution >= 4 is 34.9 Å². The zero-order valence-corrected chi connectivity index (χ0v) is 13.0. The molecule has 0 aliphatic rings. The summed E-state index contributed by atoms with van der Waals surface area (Å²) in [5, 5.41) is 0.957. The maximum absolute atomic E-state index is 12.1. The minimum absolute atomic E-state index is 0.0456. The molecule has 110 valence electrons. The Labute approximate surface area is 133 Å². The number of rotatable bonds is 4. The summed E-state index contributed by atoms with van der Waals surface area (Å²) in [4.78, 5) is 12.1. The van der Waals surface area contributed by atoms with Crippen LogP contribution < -0.4 is 5.73 Å². The topological polar surface area (TPSA) is 52.3 Å². The Bertz CT molecular complexity index is 638. The molecule has 0 aromatic heterocycles. The van der Waals surface area contributed by atoms with Crippen molar-refractivity contribution in [2.75, 3.05) is 5.73 Å². The van der Waals surface area contributed by atoms with Gasteiger partial charge in [0.05, 0.1) is 5.92 Å². The second kappa shape index (κ2) is 6.83. The predicted molar refractivity (Wildman–Crippen MR) is 85.5 cm³/mol. The van der Waals surface area contributed by atoms with Crippen LogP contribution in [-0.4, -0.2) is 5.97 Å². The van der Waals surface area contributed by atoms with Crippen LogP contribution in [0.15, 0.2) is 42.5 Å². The van der Waals surface area contributed by atoms with Crippen LogP contribution in [0.3, 0.4) is 0 Å². The molecule has 0 heterocycles.